The number of carbonyl (C=O) groups is 1. The van der Waals surface area contributed by atoms with Crippen LogP contribution in [-0.2, 0) is 0 Å². The van der Waals surface area contributed by atoms with Crippen molar-refractivity contribution in [1.82, 2.24) is 5.43 Å². The zero-order chi connectivity index (χ0) is 16.8. The first-order valence-corrected chi connectivity index (χ1v) is 7.80. The molecule has 0 aliphatic rings. The summed E-state index contributed by atoms with van der Waals surface area (Å²) in [6, 6.07) is 11.2. The van der Waals surface area contributed by atoms with E-state index in [1.165, 1.54) is 12.3 Å². The molecule has 1 N–H and O–H groups in total. The van der Waals surface area contributed by atoms with E-state index in [-0.39, 0.29) is 17.8 Å². The maximum atomic E-state index is 13.1. The van der Waals surface area contributed by atoms with Gasteiger partial charge in [-0.2, -0.15) is 5.10 Å². The third kappa shape index (κ3) is 5.17. The van der Waals surface area contributed by atoms with Gasteiger partial charge in [-0.05, 0) is 71.7 Å². The molecule has 120 valence electrons. The van der Waals surface area contributed by atoms with Crippen LogP contribution in [0, 0.1) is 5.82 Å². The lowest BCUT2D eigenvalue weighted by Crippen LogP contribution is -2.17. The lowest BCUT2D eigenvalue weighted by Gasteiger charge is -2.09. The highest BCUT2D eigenvalue weighted by atomic mass is 79.9. The summed E-state index contributed by atoms with van der Waals surface area (Å²) in [4.78, 5) is 12.0. The van der Waals surface area contributed by atoms with Crippen molar-refractivity contribution in [3.05, 3.63) is 63.9 Å². The number of nitrogens with zero attached hydrogens (tertiary/aromatic N) is 1. The van der Waals surface area contributed by atoms with E-state index in [0.717, 1.165) is 0 Å². The van der Waals surface area contributed by atoms with Crippen LogP contribution in [0.5, 0.6) is 5.75 Å². The van der Waals surface area contributed by atoms with Gasteiger partial charge < -0.3 is 4.74 Å². The van der Waals surface area contributed by atoms with Crippen LogP contribution in [-0.4, -0.2) is 18.2 Å². The fourth-order valence-electron chi connectivity index (χ4n) is 1.78. The summed E-state index contributed by atoms with van der Waals surface area (Å²) in [7, 11) is 0. The summed E-state index contributed by atoms with van der Waals surface area (Å²) >= 11 is 3.09. The molecule has 2 aromatic rings. The number of nitrogens with one attached hydrogen (secondary N) is 1. The Morgan fingerprint density at radius 3 is 2.57 bits per heavy atom. The standard InChI is InChI=1S/C17H16BrFN2O2/c1-11(2)23-14-6-4-13(5-7-14)17(22)21-20-10-12-3-8-16(19)15(18)9-12/h3-11H,1-2H3,(H,21,22)/b20-10-. The molecule has 2 rings (SSSR count). The van der Waals surface area contributed by atoms with Gasteiger partial charge in [0.15, 0.2) is 0 Å². The van der Waals surface area contributed by atoms with Crippen molar-refractivity contribution in [2.24, 2.45) is 5.10 Å². The highest BCUT2D eigenvalue weighted by Crippen LogP contribution is 2.16. The Bertz CT molecular complexity index is 715. The SMILES string of the molecule is CC(C)Oc1ccc(C(=O)N/N=C\c2ccc(F)c(Br)c2)cc1. The van der Waals surface area contributed by atoms with Crippen molar-refractivity contribution in [1.29, 1.82) is 0 Å². The largest absolute Gasteiger partial charge is 0.491 e. The first-order valence-electron chi connectivity index (χ1n) is 7.01. The van der Waals surface area contributed by atoms with Gasteiger partial charge in [-0.25, -0.2) is 9.82 Å². The number of rotatable bonds is 5. The molecule has 0 atom stereocenters. The minimum Gasteiger partial charge on any atom is -0.491 e. The molecule has 0 bridgehead atoms. The molecule has 2 aromatic carbocycles. The van der Waals surface area contributed by atoms with Gasteiger partial charge in [0.1, 0.15) is 11.6 Å². The second-order valence-electron chi connectivity index (χ2n) is 5.06. The molecule has 1 amide bonds. The average Bonchev–Trinajstić information content (AvgIpc) is 2.51. The molecule has 0 aromatic heterocycles. The van der Waals surface area contributed by atoms with E-state index >= 15 is 0 Å². The Labute approximate surface area is 142 Å². The Kier molecular flexibility index (Phi) is 5.87. The van der Waals surface area contributed by atoms with Crippen molar-refractivity contribution >= 4 is 28.1 Å². The summed E-state index contributed by atoms with van der Waals surface area (Å²) in [5.41, 5.74) is 3.56. The molecule has 0 radical (unpaired) electrons. The number of ether oxygens (including phenoxy) is 1. The summed E-state index contributed by atoms with van der Waals surface area (Å²) in [6.07, 6.45) is 1.52. The van der Waals surface area contributed by atoms with Gasteiger partial charge in [0.2, 0.25) is 0 Å². The van der Waals surface area contributed by atoms with Crippen molar-refractivity contribution < 1.29 is 13.9 Å². The monoisotopic (exact) mass is 378 g/mol. The van der Waals surface area contributed by atoms with Gasteiger partial charge >= 0.3 is 0 Å². The Morgan fingerprint density at radius 1 is 1.26 bits per heavy atom. The number of hydrogen-bond donors (Lipinski definition) is 1. The molecule has 23 heavy (non-hydrogen) atoms. The van der Waals surface area contributed by atoms with Crippen LogP contribution in [0.3, 0.4) is 0 Å². The van der Waals surface area contributed by atoms with E-state index in [4.69, 9.17) is 4.74 Å². The molecule has 0 aliphatic carbocycles. The average molecular weight is 379 g/mol. The van der Waals surface area contributed by atoms with Crippen LogP contribution in [0.4, 0.5) is 4.39 Å². The van der Waals surface area contributed by atoms with E-state index < -0.39 is 0 Å². The van der Waals surface area contributed by atoms with Crippen LogP contribution >= 0.6 is 15.9 Å². The molecular formula is C17H16BrFN2O2. The smallest absolute Gasteiger partial charge is 0.271 e. The molecule has 0 unspecified atom stereocenters. The number of carbonyl (C=O) groups excluding carboxylic acids is 1. The van der Waals surface area contributed by atoms with Gasteiger partial charge in [0, 0.05) is 5.56 Å². The molecule has 0 saturated heterocycles. The third-order valence-corrected chi connectivity index (χ3v) is 3.42. The van der Waals surface area contributed by atoms with E-state index in [2.05, 4.69) is 26.5 Å². The van der Waals surface area contributed by atoms with Crippen LogP contribution < -0.4 is 10.2 Å². The molecule has 0 heterocycles. The number of halogens is 2. The van der Waals surface area contributed by atoms with Crippen LogP contribution in [0.15, 0.2) is 52.0 Å². The van der Waals surface area contributed by atoms with Crippen molar-refractivity contribution in [2.75, 3.05) is 0 Å². The van der Waals surface area contributed by atoms with E-state index in [1.54, 1.807) is 36.4 Å². The Hall–Kier alpha value is -2.21. The van der Waals surface area contributed by atoms with Crippen molar-refractivity contribution in [3.63, 3.8) is 0 Å². The fraction of sp³-hybridized carbons (Fsp3) is 0.176. The lowest BCUT2D eigenvalue weighted by atomic mass is 10.2. The molecule has 0 saturated carbocycles. The molecule has 4 nitrogen and oxygen atoms in total. The third-order valence-electron chi connectivity index (χ3n) is 2.81. The normalized spacial score (nSPS) is 11.0. The Balaban J connectivity index is 1.96. The molecule has 0 spiro atoms. The van der Waals surface area contributed by atoms with Gasteiger partial charge in [-0.3, -0.25) is 4.79 Å². The number of benzene rings is 2. The quantitative estimate of drug-likeness (QED) is 0.627. The van der Waals surface area contributed by atoms with Gasteiger partial charge in [0.05, 0.1) is 16.8 Å². The van der Waals surface area contributed by atoms with Crippen molar-refractivity contribution in [3.8, 4) is 5.75 Å². The molecule has 0 fully saturated rings. The summed E-state index contributed by atoms with van der Waals surface area (Å²) < 4.78 is 19.0. The Morgan fingerprint density at radius 2 is 1.96 bits per heavy atom. The minimum atomic E-state index is -0.352. The fourth-order valence-corrected chi connectivity index (χ4v) is 2.18. The predicted octanol–water partition coefficient (Wildman–Crippen LogP) is 4.14. The highest BCUT2D eigenvalue weighted by Gasteiger charge is 2.05. The number of amides is 1. The second kappa shape index (κ2) is 7.87. The number of hydrazone groups is 1. The topological polar surface area (TPSA) is 50.7 Å². The molecule has 6 heteroatoms. The molecular weight excluding hydrogens is 363 g/mol. The van der Waals surface area contributed by atoms with E-state index in [0.29, 0.717) is 21.3 Å². The maximum Gasteiger partial charge on any atom is 0.271 e. The van der Waals surface area contributed by atoms with Crippen LogP contribution in [0.25, 0.3) is 0 Å². The minimum absolute atomic E-state index is 0.0781. The maximum absolute atomic E-state index is 13.1. The predicted molar refractivity (Wildman–Crippen MR) is 91.4 cm³/mol. The van der Waals surface area contributed by atoms with Gasteiger partial charge in [0.25, 0.3) is 5.91 Å². The van der Waals surface area contributed by atoms with Crippen molar-refractivity contribution in [2.45, 2.75) is 20.0 Å². The second-order valence-corrected chi connectivity index (χ2v) is 5.92. The first-order chi connectivity index (χ1) is 11.0. The first kappa shape index (κ1) is 17.1. The zero-order valence-corrected chi connectivity index (χ0v) is 14.3. The molecule has 0 aliphatic heterocycles. The van der Waals surface area contributed by atoms with Crippen LogP contribution in [0.1, 0.15) is 29.8 Å². The number of hydrogen-bond acceptors (Lipinski definition) is 3. The van der Waals surface area contributed by atoms with Crippen LogP contribution in [0.2, 0.25) is 0 Å². The van der Waals surface area contributed by atoms with E-state index in [1.807, 2.05) is 13.8 Å². The summed E-state index contributed by atoms with van der Waals surface area (Å²) in [6.45, 7) is 3.87. The van der Waals surface area contributed by atoms with E-state index in [9.17, 15) is 9.18 Å². The lowest BCUT2D eigenvalue weighted by molar-refractivity contribution is 0.0955. The van der Waals surface area contributed by atoms with Gasteiger partial charge in [-0.1, -0.05) is 6.07 Å². The zero-order valence-electron chi connectivity index (χ0n) is 12.7. The summed E-state index contributed by atoms with van der Waals surface area (Å²) in [5, 5.41) is 3.86. The van der Waals surface area contributed by atoms with Gasteiger partial charge in [-0.15, -0.1) is 0 Å². The summed E-state index contributed by atoms with van der Waals surface area (Å²) in [5.74, 6) is 0.0182. The highest BCUT2D eigenvalue weighted by molar-refractivity contribution is 9.10.